The van der Waals surface area contributed by atoms with Gasteiger partial charge in [-0.15, -0.1) is 0 Å². The first-order valence-corrected chi connectivity index (χ1v) is 12.1. The van der Waals surface area contributed by atoms with Gasteiger partial charge in [0.25, 0.3) is 22.4 Å². The van der Waals surface area contributed by atoms with E-state index in [9.17, 15) is 26.8 Å². The van der Waals surface area contributed by atoms with Crippen molar-refractivity contribution < 1.29 is 31.5 Å². The first-order chi connectivity index (χ1) is 16.3. The highest BCUT2D eigenvalue weighted by atomic mass is 32.2. The van der Waals surface area contributed by atoms with E-state index in [1.807, 2.05) is 0 Å². The van der Waals surface area contributed by atoms with Crippen LogP contribution in [0.5, 0.6) is 5.75 Å². The third-order valence-electron chi connectivity index (χ3n) is 5.80. The van der Waals surface area contributed by atoms with E-state index in [0.717, 1.165) is 11.6 Å². The maximum atomic E-state index is 13.4. The molecule has 11 heteroatoms. The molecule has 0 bridgehead atoms. The monoisotopic (exact) mass is 503 g/mol. The molecule has 35 heavy (non-hydrogen) atoms. The molecule has 2 amide bonds. The number of hydrogen-bond acceptors (Lipinski definition) is 5. The van der Waals surface area contributed by atoms with Crippen molar-refractivity contribution in [1.29, 1.82) is 0 Å². The van der Waals surface area contributed by atoms with Crippen LogP contribution >= 0.6 is 0 Å². The molecule has 1 unspecified atom stereocenters. The summed E-state index contributed by atoms with van der Waals surface area (Å²) in [6.07, 6.45) is -0.150. The van der Waals surface area contributed by atoms with E-state index >= 15 is 0 Å². The van der Waals surface area contributed by atoms with E-state index in [2.05, 4.69) is 9.71 Å². The number of ether oxygens (including phenoxy) is 1. The number of rotatable bonds is 6. The summed E-state index contributed by atoms with van der Waals surface area (Å²) < 4.78 is 56.6. The van der Waals surface area contributed by atoms with Gasteiger partial charge in [-0.05, 0) is 62.7 Å². The van der Waals surface area contributed by atoms with Crippen LogP contribution in [0.4, 0.5) is 20.2 Å². The number of carbonyl (C=O) groups excluding carboxylic acids is 2. The largest absolute Gasteiger partial charge is 0.488 e. The van der Waals surface area contributed by atoms with Crippen molar-refractivity contribution in [2.75, 3.05) is 11.5 Å². The van der Waals surface area contributed by atoms with Gasteiger partial charge >= 0.3 is 0 Å². The Morgan fingerprint density at radius 1 is 1.17 bits per heavy atom. The molecule has 4 rings (SSSR count). The Morgan fingerprint density at radius 3 is 2.57 bits per heavy atom. The van der Waals surface area contributed by atoms with E-state index in [4.69, 9.17) is 4.74 Å². The Hall–Kier alpha value is -3.60. The molecule has 184 valence electrons. The van der Waals surface area contributed by atoms with E-state index in [1.54, 1.807) is 51.1 Å². The molecule has 2 aliphatic rings. The third kappa shape index (κ3) is 4.81. The first kappa shape index (κ1) is 24.5. The summed E-state index contributed by atoms with van der Waals surface area (Å²) in [6.45, 7) is 4.30. The first-order valence-electron chi connectivity index (χ1n) is 10.6. The Balaban J connectivity index is 1.64. The second-order valence-electron chi connectivity index (χ2n) is 8.99. The number of nitrogens with one attached hydrogen (secondary N) is 1. The third-order valence-corrected chi connectivity index (χ3v) is 6.68. The summed E-state index contributed by atoms with van der Waals surface area (Å²) in [5.41, 5.74) is -0.193. The van der Waals surface area contributed by atoms with Gasteiger partial charge in [-0.2, -0.15) is 12.8 Å². The molecule has 0 saturated heterocycles. The predicted octanol–water partition coefficient (Wildman–Crippen LogP) is 3.70. The van der Waals surface area contributed by atoms with Gasteiger partial charge in [0.1, 0.15) is 12.4 Å². The molecular weight excluding hydrogens is 480 g/mol. The van der Waals surface area contributed by atoms with Gasteiger partial charge in [-0.3, -0.25) is 14.5 Å². The number of halogens is 2. The second kappa shape index (κ2) is 8.56. The second-order valence-corrected chi connectivity index (χ2v) is 10.5. The summed E-state index contributed by atoms with van der Waals surface area (Å²) in [4.78, 5) is 27.8. The fraction of sp³-hybridized carbons (Fsp3) is 0.292. The summed E-state index contributed by atoms with van der Waals surface area (Å²) in [5, 5.41) is 3.66. The molecule has 0 aromatic heterocycles. The smallest absolute Gasteiger partial charge is 0.274 e. The summed E-state index contributed by atoms with van der Waals surface area (Å²) in [6, 6.07) is 11.1. The van der Waals surface area contributed by atoms with E-state index < -0.39 is 39.9 Å². The molecule has 2 aliphatic heterocycles. The fourth-order valence-corrected chi connectivity index (χ4v) is 4.77. The van der Waals surface area contributed by atoms with Crippen molar-refractivity contribution >= 4 is 39.4 Å². The van der Waals surface area contributed by atoms with Crippen LogP contribution in [0.15, 0.2) is 58.3 Å². The van der Waals surface area contributed by atoms with Gasteiger partial charge in [-0.25, -0.2) is 8.78 Å². The molecule has 0 fully saturated rings. The number of nitrogens with zero attached hydrogens (tertiary/aromatic N) is 2. The van der Waals surface area contributed by atoms with E-state index in [1.165, 1.54) is 23.1 Å². The van der Waals surface area contributed by atoms with Crippen LogP contribution in [0, 0.1) is 0 Å². The molecule has 0 spiro atoms. The van der Waals surface area contributed by atoms with Crippen LogP contribution in [0.3, 0.4) is 0 Å². The highest BCUT2D eigenvalue weighted by molar-refractivity contribution is 7.93. The number of hydrogen-bond donors (Lipinski definition) is 1. The number of carbonyl (C=O) groups is 2. The Bertz CT molecular complexity index is 1350. The minimum Gasteiger partial charge on any atom is -0.488 e. The standard InChI is InChI=1S/C24H23F2N3O5S/c1-23(2)18-11-15(21(30)28-24(3)9-10-35(32,33)27-14-24)7-8-19(18)29(22(23)31)16-5-4-6-17(12-16)34-13-20(25)26/h4-12,14,20H,13H2,1-3H3,(H,28,30). The van der Waals surface area contributed by atoms with Crippen molar-refractivity contribution in [3.05, 3.63) is 65.1 Å². The number of fused-ring (bicyclic) bond motifs is 1. The molecule has 2 aromatic rings. The maximum absolute atomic E-state index is 13.4. The average molecular weight is 504 g/mol. The Labute approximate surface area is 201 Å². The number of anilines is 2. The highest BCUT2D eigenvalue weighted by Crippen LogP contribution is 2.46. The quantitative estimate of drug-likeness (QED) is 0.647. The minimum atomic E-state index is -3.68. The molecule has 1 atom stereocenters. The van der Waals surface area contributed by atoms with Crippen molar-refractivity contribution in [3.63, 3.8) is 0 Å². The van der Waals surface area contributed by atoms with Crippen LogP contribution in [-0.2, 0) is 20.2 Å². The lowest BCUT2D eigenvalue weighted by molar-refractivity contribution is -0.121. The zero-order valence-electron chi connectivity index (χ0n) is 19.2. The van der Waals surface area contributed by atoms with E-state index in [-0.39, 0.29) is 17.2 Å². The van der Waals surface area contributed by atoms with Crippen LogP contribution < -0.4 is 15.0 Å². The molecule has 8 nitrogen and oxygen atoms in total. The van der Waals surface area contributed by atoms with Crippen LogP contribution in [-0.4, -0.2) is 45.0 Å². The Kier molecular flexibility index (Phi) is 6.00. The summed E-state index contributed by atoms with van der Waals surface area (Å²) >= 11 is 0. The summed E-state index contributed by atoms with van der Waals surface area (Å²) in [5.74, 6) is -0.527. The molecule has 2 aromatic carbocycles. The Morgan fingerprint density at radius 2 is 1.91 bits per heavy atom. The van der Waals surface area contributed by atoms with Gasteiger partial charge < -0.3 is 10.1 Å². The number of amides is 2. The summed E-state index contributed by atoms with van der Waals surface area (Å²) in [7, 11) is -3.68. The minimum absolute atomic E-state index is 0.204. The van der Waals surface area contributed by atoms with Crippen molar-refractivity contribution in [3.8, 4) is 5.75 Å². The number of benzene rings is 2. The van der Waals surface area contributed by atoms with Gasteiger partial charge in [0.15, 0.2) is 0 Å². The lowest BCUT2D eigenvalue weighted by Gasteiger charge is -2.25. The van der Waals surface area contributed by atoms with E-state index in [0.29, 0.717) is 16.9 Å². The lowest BCUT2D eigenvalue weighted by Crippen LogP contribution is -2.47. The molecular formula is C24H23F2N3O5S. The van der Waals surface area contributed by atoms with Crippen LogP contribution in [0.25, 0.3) is 0 Å². The SMILES string of the molecule is CC1(NC(=O)c2ccc3c(c2)C(C)(C)C(=O)N3c2cccc(OCC(F)F)c2)C=CS(=O)(=O)N=C1. The average Bonchev–Trinajstić information content (AvgIpc) is 3.00. The zero-order valence-corrected chi connectivity index (χ0v) is 20.0. The zero-order chi connectivity index (χ0) is 25.6. The molecule has 0 aliphatic carbocycles. The highest BCUT2D eigenvalue weighted by Gasteiger charge is 2.45. The number of sulfonamides is 1. The van der Waals surface area contributed by atoms with Gasteiger partial charge in [0.05, 0.1) is 27.7 Å². The molecule has 0 saturated carbocycles. The normalized spacial score (nSPS) is 21.8. The maximum Gasteiger partial charge on any atom is 0.274 e. The van der Waals surface area contributed by atoms with Crippen LogP contribution in [0.2, 0.25) is 0 Å². The molecule has 2 heterocycles. The molecule has 0 radical (unpaired) electrons. The van der Waals surface area contributed by atoms with Crippen molar-refractivity contribution in [2.24, 2.45) is 4.40 Å². The lowest BCUT2D eigenvalue weighted by atomic mass is 9.85. The predicted molar refractivity (Wildman–Crippen MR) is 127 cm³/mol. The number of alkyl halides is 2. The van der Waals surface area contributed by atoms with Crippen molar-refractivity contribution in [1.82, 2.24) is 5.32 Å². The molecule has 1 N–H and O–H groups in total. The van der Waals surface area contributed by atoms with Gasteiger partial charge in [-0.1, -0.05) is 6.07 Å². The van der Waals surface area contributed by atoms with Gasteiger partial charge in [0.2, 0.25) is 5.91 Å². The van der Waals surface area contributed by atoms with Crippen molar-refractivity contribution in [2.45, 2.75) is 38.2 Å². The van der Waals surface area contributed by atoms with Crippen LogP contribution in [0.1, 0.15) is 36.7 Å². The topological polar surface area (TPSA) is 105 Å². The van der Waals surface area contributed by atoms with Gasteiger partial charge in [0, 0.05) is 17.8 Å². The fourth-order valence-electron chi connectivity index (χ4n) is 3.88.